The second-order valence-corrected chi connectivity index (χ2v) is 6.94. The molecular weight excluding hydrogens is 398 g/mol. The van der Waals surface area contributed by atoms with Gasteiger partial charge in [0.05, 0.1) is 24.9 Å². The van der Waals surface area contributed by atoms with E-state index in [2.05, 4.69) is 9.72 Å². The van der Waals surface area contributed by atoms with Crippen LogP contribution in [0.3, 0.4) is 0 Å². The van der Waals surface area contributed by atoms with Crippen molar-refractivity contribution in [3.63, 3.8) is 0 Å². The van der Waals surface area contributed by atoms with Gasteiger partial charge in [0.25, 0.3) is 0 Å². The lowest BCUT2D eigenvalue weighted by atomic mass is 10.2. The van der Waals surface area contributed by atoms with Gasteiger partial charge in [0, 0.05) is 17.0 Å². The van der Waals surface area contributed by atoms with Crippen LogP contribution < -0.4 is 9.47 Å². The van der Waals surface area contributed by atoms with E-state index in [1.54, 1.807) is 25.3 Å². The number of esters is 1. The summed E-state index contributed by atoms with van der Waals surface area (Å²) in [6, 6.07) is 13.0. The van der Waals surface area contributed by atoms with Crippen LogP contribution in [0.25, 0.3) is 16.6 Å². The molecule has 0 aliphatic carbocycles. The number of rotatable bonds is 7. The zero-order valence-corrected chi connectivity index (χ0v) is 16.9. The molecule has 144 valence electrons. The first-order valence-corrected chi connectivity index (χ1v) is 9.62. The van der Waals surface area contributed by atoms with Crippen LogP contribution in [-0.2, 0) is 16.1 Å². The van der Waals surface area contributed by atoms with E-state index in [9.17, 15) is 4.79 Å². The average molecular weight is 416 g/mol. The van der Waals surface area contributed by atoms with E-state index in [-0.39, 0.29) is 0 Å². The van der Waals surface area contributed by atoms with E-state index in [1.807, 2.05) is 35.7 Å². The topological polar surface area (TPSA) is 57.7 Å². The number of benzene rings is 2. The fourth-order valence-electron chi connectivity index (χ4n) is 2.42. The van der Waals surface area contributed by atoms with E-state index in [0.717, 1.165) is 21.8 Å². The number of halogens is 1. The van der Waals surface area contributed by atoms with Gasteiger partial charge in [-0.25, -0.2) is 9.78 Å². The van der Waals surface area contributed by atoms with Crippen molar-refractivity contribution in [2.24, 2.45) is 0 Å². The molecule has 2 aromatic carbocycles. The van der Waals surface area contributed by atoms with Crippen molar-refractivity contribution in [2.45, 2.75) is 6.61 Å². The van der Waals surface area contributed by atoms with Crippen molar-refractivity contribution >= 4 is 35.0 Å². The number of hydrogen-bond donors (Lipinski definition) is 0. The molecule has 3 aromatic rings. The van der Waals surface area contributed by atoms with Gasteiger partial charge >= 0.3 is 5.97 Å². The van der Waals surface area contributed by atoms with Crippen molar-refractivity contribution in [3.05, 3.63) is 70.2 Å². The third kappa shape index (κ3) is 4.91. The van der Waals surface area contributed by atoms with Gasteiger partial charge in [-0.15, -0.1) is 11.3 Å². The van der Waals surface area contributed by atoms with Gasteiger partial charge in [-0.05, 0) is 29.8 Å². The fourth-order valence-corrected chi connectivity index (χ4v) is 3.55. The second kappa shape index (κ2) is 9.39. The SMILES string of the molecule is COC(=O)/C=C/c1ccc(OCc2csc(-c3ccccc3Cl)n2)c(OC)c1. The van der Waals surface area contributed by atoms with Gasteiger partial charge in [-0.3, -0.25) is 0 Å². The Balaban J connectivity index is 1.70. The average Bonchev–Trinajstić information content (AvgIpc) is 3.19. The molecule has 0 N–H and O–H groups in total. The molecule has 0 atom stereocenters. The van der Waals surface area contributed by atoms with Crippen LogP contribution in [-0.4, -0.2) is 25.2 Å². The minimum Gasteiger partial charge on any atom is -0.493 e. The third-order valence-electron chi connectivity index (χ3n) is 3.83. The lowest BCUT2D eigenvalue weighted by molar-refractivity contribution is -0.134. The molecule has 3 rings (SSSR count). The lowest BCUT2D eigenvalue weighted by Gasteiger charge is -2.10. The minimum absolute atomic E-state index is 0.300. The Bertz CT molecular complexity index is 1000. The number of thiazole rings is 1. The highest BCUT2D eigenvalue weighted by Crippen LogP contribution is 2.32. The molecule has 0 aliphatic rings. The van der Waals surface area contributed by atoms with Crippen molar-refractivity contribution < 1.29 is 19.0 Å². The molecular formula is C21H18ClNO4S. The zero-order chi connectivity index (χ0) is 19.9. The Labute approximate surface area is 172 Å². The zero-order valence-electron chi connectivity index (χ0n) is 15.3. The monoisotopic (exact) mass is 415 g/mol. The summed E-state index contributed by atoms with van der Waals surface area (Å²) in [4.78, 5) is 15.8. The first-order valence-electron chi connectivity index (χ1n) is 8.37. The smallest absolute Gasteiger partial charge is 0.330 e. The summed E-state index contributed by atoms with van der Waals surface area (Å²) >= 11 is 7.75. The number of hydrogen-bond acceptors (Lipinski definition) is 6. The van der Waals surface area contributed by atoms with Crippen LogP contribution in [0, 0.1) is 0 Å². The van der Waals surface area contributed by atoms with Gasteiger partial charge in [0.2, 0.25) is 0 Å². The van der Waals surface area contributed by atoms with Gasteiger partial charge in [0.1, 0.15) is 11.6 Å². The molecule has 5 nitrogen and oxygen atoms in total. The predicted octanol–water partition coefficient (Wildman–Crippen LogP) is 5.24. The van der Waals surface area contributed by atoms with E-state index < -0.39 is 5.97 Å². The van der Waals surface area contributed by atoms with Gasteiger partial charge in [0.15, 0.2) is 11.5 Å². The summed E-state index contributed by atoms with van der Waals surface area (Å²) in [6.07, 6.45) is 3.00. The van der Waals surface area contributed by atoms with Crippen LogP contribution in [0.5, 0.6) is 11.5 Å². The summed E-state index contributed by atoms with van der Waals surface area (Å²) in [5.41, 5.74) is 2.50. The van der Waals surface area contributed by atoms with E-state index in [0.29, 0.717) is 23.1 Å². The fraction of sp³-hybridized carbons (Fsp3) is 0.143. The number of methoxy groups -OCH3 is 2. The quantitative estimate of drug-likeness (QED) is 0.390. The summed E-state index contributed by atoms with van der Waals surface area (Å²) in [7, 11) is 2.90. The summed E-state index contributed by atoms with van der Waals surface area (Å²) in [5, 5.41) is 3.46. The molecule has 1 heterocycles. The number of carbonyl (C=O) groups is 1. The van der Waals surface area contributed by atoms with E-state index in [4.69, 9.17) is 21.1 Å². The largest absolute Gasteiger partial charge is 0.493 e. The molecule has 0 amide bonds. The molecule has 0 spiro atoms. The molecule has 0 radical (unpaired) electrons. The van der Waals surface area contributed by atoms with E-state index >= 15 is 0 Å². The molecule has 0 saturated heterocycles. The minimum atomic E-state index is -0.419. The highest BCUT2D eigenvalue weighted by atomic mass is 35.5. The molecule has 0 aliphatic heterocycles. The molecule has 0 saturated carbocycles. The Morgan fingerprint density at radius 2 is 2.00 bits per heavy atom. The van der Waals surface area contributed by atoms with Crippen LogP contribution in [0.1, 0.15) is 11.3 Å². The van der Waals surface area contributed by atoms with Crippen LogP contribution in [0.15, 0.2) is 53.9 Å². The Morgan fingerprint density at radius 3 is 2.75 bits per heavy atom. The van der Waals surface area contributed by atoms with Gasteiger partial charge < -0.3 is 14.2 Å². The van der Waals surface area contributed by atoms with Crippen molar-refractivity contribution in [1.29, 1.82) is 0 Å². The number of aromatic nitrogens is 1. The molecule has 0 bridgehead atoms. The molecule has 0 unspecified atom stereocenters. The third-order valence-corrected chi connectivity index (χ3v) is 5.09. The number of ether oxygens (including phenoxy) is 3. The first kappa shape index (κ1) is 19.9. The number of nitrogens with zero attached hydrogens (tertiary/aromatic N) is 1. The maximum atomic E-state index is 11.2. The second-order valence-electron chi connectivity index (χ2n) is 5.68. The summed E-state index contributed by atoms with van der Waals surface area (Å²) in [6.45, 7) is 0.300. The maximum Gasteiger partial charge on any atom is 0.330 e. The summed E-state index contributed by atoms with van der Waals surface area (Å²) in [5.74, 6) is 0.732. The van der Waals surface area contributed by atoms with Gasteiger partial charge in [-0.1, -0.05) is 35.9 Å². The first-order chi connectivity index (χ1) is 13.6. The highest BCUT2D eigenvalue weighted by Gasteiger charge is 2.10. The van der Waals surface area contributed by atoms with Crippen molar-refractivity contribution in [1.82, 2.24) is 4.98 Å². The van der Waals surface area contributed by atoms with Crippen LogP contribution in [0.2, 0.25) is 5.02 Å². The Morgan fingerprint density at radius 1 is 1.18 bits per heavy atom. The van der Waals surface area contributed by atoms with Crippen LogP contribution in [0.4, 0.5) is 0 Å². The molecule has 7 heteroatoms. The van der Waals surface area contributed by atoms with Gasteiger partial charge in [-0.2, -0.15) is 0 Å². The molecule has 28 heavy (non-hydrogen) atoms. The molecule has 0 fully saturated rings. The van der Waals surface area contributed by atoms with E-state index in [1.165, 1.54) is 24.5 Å². The van der Waals surface area contributed by atoms with Crippen LogP contribution >= 0.6 is 22.9 Å². The van der Waals surface area contributed by atoms with Crippen molar-refractivity contribution in [3.8, 4) is 22.1 Å². The summed E-state index contributed by atoms with van der Waals surface area (Å²) < 4.78 is 15.8. The Kier molecular flexibility index (Phi) is 6.68. The number of carbonyl (C=O) groups excluding carboxylic acids is 1. The maximum absolute atomic E-state index is 11.2. The normalized spacial score (nSPS) is 10.8. The molecule has 1 aromatic heterocycles. The lowest BCUT2D eigenvalue weighted by Crippen LogP contribution is -1.98. The Hall–Kier alpha value is -2.83. The standard InChI is InChI=1S/C21H18ClNO4S/c1-25-19-11-14(8-10-20(24)26-2)7-9-18(19)27-12-15-13-28-21(23-15)16-5-3-4-6-17(16)22/h3-11,13H,12H2,1-2H3/b10-8+. The predicted molar refractivity (Wildman–Crippen MR) is 111 cm³/mol. The highest BCUT2D eigenvalue weighted by molar-refractivity contribution is 7.13. The van der Waals surface area contributed by atoms with Crippen molar-refractivity contribution in [2.75, 3.05) is 14.2 Å².